The van der Waals surface area contributed by atoms with Gasteiger partial charge in [-0.15, -0.1) is 0 Å². The highest BCUT2D eigenvalue weighted by Crippen LogP contribution is 2.22. The molecule has 1 aromatic rings. The summed E-state index contributed by atoms with van der Waals surface area (Å²) in [4.78, 5) is 13.8. The molecule has 1 aromatic carbocycles. The second-order valence-corrected chi connectivity index (χ2v) is 4.72. The van der Waals surface area contributed by atoms with E-state index in [2.05, 4.69) is 5.32 Å². The van der Waals surface area contributed by atoms with E-state index in [0.29, 0.717) is 29.4 Å². The lowest BCUT2D eigenvalue weighted by atomic mass is 10.2. The third-order valence-corrected chi connectivity index (χ3v) is 3.12. The van der Waals surface area contributed by atoms with E-state index >= 15 is 0 Å². The first kappa shape index (κ1) is 15.3. The molecule has 3 N–H and O–H groups in total. The molecular weight excluding hydrogens is 264 g/mol. The number of nitrogen functional groups attached to an aromatic ring is 1. The van der Waals surface area contributed by atoms with Crippen LogP contribution in [0, 0.1) is 11.3 Å². The number of nitrogens with zero attached hydrogens (tertiary/aromatic N) is 2. The summed E-state index contributed by atoms with van der Waals surface area (Å²) in [6.45, 7) is 2.32. The van der Waals surface area contributed by atoms with Crippen molar-refractivity contribution in [1.29, 1.82) is 5.26 Å². The van der Waals surface area contributed by atoms with Crippen molar-refractivity contribution in [3.63, 3.8) is 0 Å². The lowest BCUT2D eigenvalue weighted by Crippen LogP contribution is -2.40. The topological polar surface area (TPSA) is 82.2 Å². The molecule has 0 aliphatic carbocycles. The standard InChI is InChI=1S/C13H17ClN4O/c1-9(18(2)7-3-6-15)13(19)17-12-5-4-10(14)8-11(12)16/h4-5,8-9H,3,7,16H2,1-2H3,(H,17,19). The minimum absolute atomic E-state index is 0.172. The fourth-order valence-corrected chi connectivity index (χ4v) is 1.69. The Balaban J connectivity index is 2.66. The summed E-state index contributed by atoms with van der Waals surface area (Å²) in [5.41, 5.74) is 6.73. The molecular formula is C13H17ClN4O. The summed E-state index contributed by atoms with van der Waals surface area (Å²) >= 11 is 5.79. The number of anilines is 2. The summed E-state index contributed by atoms with van der Waals surface area (Å²) in [6.07, 6.45) is 0.386. The van der Waals surface area contributed by atoms with E-state index in [4.69, 9.17) is 22.6 Å². The van der Waals surface area contributed by atoms with Crippen LogP contribution in [0.25, 0.3) is 0 Å². The average Bonchev–Trinajstić information content (AvgIpc) is 2.38. The Kier molecular flexibility index (Phi) is 5.61. The fraction of sp³-hybridized carbons (Fsp3) is 0.385. The Morgan fingerprint density at radius 2 is 2.32 bits per heavy atom. The third-order valence-electron chi connectivity index (χ3n) is 2.89. The number of amides is 1. The fourth-order valence-electron chi connectivity index (χ4n) is 1.50. The number of carbonyl (C=O) groups is 1. The quantitative estimate of drug-likeness (QED) is 0.809. The first-order valence-electron chi connectivity index (χ1n) is 5.88. The molecule has 5 nitrogen and oxygen atoms in total. The van der Waals surface area contributed by atoms with Crippen LogP contribution in [0.5, 0.6) is 0 Å². The van der Waals surface area contributed by atoms with Gasteiger partial charge in [0.1, 0.15) is 0 Å². The first-order chi connectivity index (χ1) is 8.95. The van der Waals surface area contributed by atoms with Gasteiger partial charge >= 0.3 is 0 Å². The van der Waals surface area contributed by atoms with Gasteiger partial charge in [0.25, 0.3) is 0 Å². The predicted molar refractivity (Wildman–Crippen MR) is 76.8 cm³/mol. The first-order valence-corrected chi connectivity index (χ1v) is 6.26. The van der Waals surface area contributed by atoms with Gasteiger partial charge in [0.2, 0.25) is 5.91 Å². The molecule has 0 radical (unpaired) electrons. The number of carbonyl (C=O) groups excluding carboxylic acids is 1. The average molecular weight is 281 g/mol. The number of rotatable bonds is 5. The van der Waals surface area contributed by atoms with E-state index < -0.39 is 0 Å². The number of nitriles is 1. The van der Waals surface area contributed by atoms with Crippen molar-refractivity contribution in [2.75, 3.05) is 24.6 Å². The minimum atomic E-state index is -0.344. The highest BCUT2D eigenvalue weighted by atomic mass is 35.5. The molecule has 6 heteroatoms. The molecule has 0 spiro atoms. The Labute approximate surface area is 117 Å². The van der Waals surface area contributed by atoms with Crippen LogP contribution in [0.4, 0.5) is 11.4 Å². The lowest BCUT2D eigenvalue weighted by Gasteiger charge is -2.23. The van der Waals surface area contributed by atoms with Crippen LogP contribution >= 0.6 is 11.6 Å². The number of nitrogens with two attached hydrogens (primary N) is 1. The number of halogens is 1. The van der Waals surface area contributed by atoms with Crippen molar-refractivity contribution in [2.24, 2.45) is 0 Å². The number of hydrogen-bond acceptors (Lipinski definition) is 4. The van der Waals surface area contributed by atoms with Crippen LogP contribution in [-0.4, -0.2) is 30.4 Å². The van der Waals surface area contributed by atoms with E-state index in [1.807, 2.05) is 11.0 Å². The zero-order valence-electron chi connectivity index (χ0n) is 11.0. The van der Waals surface area contributed by atoms with Crippen LogP contribution in [0.2, 0.25) is 5.02 Å². The Hall–Kier alpha value is -1.77. The van der Waals surface area contributed by atoms with Gasteiger partial charge in [0.05, 0.1) is 23.5 Å². The van der Waals surface area contributed by atoms with E-state index in [1.165, 1.54) is 0 Å². The van der Waals surface area contributed by atoms with Gasteiger partial charge in [0.15, 0.2) is 0 Å². The zero-order valence-corrected chi connectivity index (χ0v) is 11.7. The zero-order chi connectivity index (χ0) is 14.4. The summed E-state index contributed by atoms with van der Waals surface area (Å²) in [7, 11) is 1.80. The number of hydrogen-bond donors (Lipinski definition) is 2. The molecule has 0 bridgehead atoms. The molecule has 0 saturated carbocycles. The second kappa shape index (κ2) is 6.98. The summed E-state index contributed by atoms with van der Waals surface area (Å²) < 4.78 is 0. The normalized spacial score (nSPS) is 11.9. The van der Waals surface area contributed by atoms with Crippen molar-refractivity contribution in [1.82, 2.24) is 4.90 Å². The predicted octanol–water partition coefficient (Wildman–Crippen LogP) is 2.09. The molecule has 0 aromatic heterocycles. The number of benzene rings is 1. The molecule has 1 atom stereocenters. The monoisotopic (exact) mass is 280 g/mol. The molecule has 102 valence electrons. The van der Waals surface area contributed by atoms with Gasteiger partial charge in [-0.3, -0.25) is 9.69 Å². The van der Waals surface area contributed by atoms with Crippen molar-refractivity contribution in [3.8, 4) is 6.07 Å². The molecule has 0 fully saturated rings. The summed E-state index contributed by atoms with van der Waals surface area (Å²) in [5, 5.41) is 11.8. The molecule has 0 aliphatic heterocycles. The molecule has 1 unspecified atom stereocenters. The van der Waals surface area contributed by atoms with E-state index in [1.54, 1.807) is 32.2 Å². The van der Waals surface area contributed by atoms with Crippen LogP contribution < -0.4 is 11.1 Å². The molecule has 0 aliphatic rings. The SMILES string of the molecule is CC(C(=O)Nc1ccc(Cl)cc1N)N(C)CCC#N. The van der Waals surface area contributed by atoms with Crippen molar-refractivity contribution >= 4 is 28.9 Å². The van der Waals surface area contributed by atoms with Gasteiger partial charge < -0.3 is 11.1 Å². The maximum absolute atomic E-state index is 12.0. The summed E-state index contributed by atoms with van der Waals surface area (Å²) in [6, 6.07) is 6.62. The molecule has 0 heterocycles. The van der Waals surface area contributed by atoms with E-state index in [9.17, 15) is 4.79 Å². The Morgan fingerprint density at radius 1 is 1.63 bits per heavy atom. The summed E-state index contributed by atoms with van der Waals surface area (Å²) in [5.74, 6) is -0.172. The van der Waals surface area contributed by atoms with Crippen LogP contribution in [-0.2, 0) is 4.79 Å². The maximum Gasteiger partial charge on any atom is 0.241 e. The molecule has 19 heavy (non-hydrogen) atoms. The maximum atomic E-state index is 12.0. The van der Waals surface area contributed by atoms with Gasteiger partial charge in [-0.1, -0.05) is 11.6 Å². The highest BCUT2D eigenvalue weighted by molar-refractivity contribution is 6.31. The van der Waals surface area contributed by atoms with Gasteiger partial charge in [-0.05, 0) is 32.2 Å². The van der Waals surface area contributed by atoms with Crippen molar-refractivity contribution in [2.45, 2.75) is 19.4 Å². The Morgan fingerprint density at radius 3 is 2.89 bits per heavy atom. The van der Waals surface area contributed by atoms with Crippen LogP contribution in [0.15, 0.2) is 18.2 Å². The van der Waals surface area contributed by atoms with Crippen molar-refractivity contribution in [3.05, 3.63) is 23.2 Å². The van der Waals surface area contributed by atoms with Crippen molar-refractivity contribution < 1.29 is 4.79 Å². The molecule has 0 saturated heterocycles. The molecule has 1 rings (SSSR count). The number of likely N-dealkylation sites (N-methyl/N-ethyl adjacent to an activating group) is 1. The lowest BCUT2D eigenvalue weighted by molar-refractivity contribution is -0.120. The minimum Gasteiger partial charge on any atom is -0.397 e. The number of nitrogens with one attached hydrogen (secondary N) is 1. The highest BCUT2D eigenvalue weighted by Gasteiger charge is 2.18. The van der Waals surface area contributed by atoms with Crippen LogP contribution in [0.1, 0.15) is 13.3 Å². The third kappa shape index (κ3) is 4.43. The largest absolute Gasteiger partial charge is 0.397 e. The van der Waals surface area contributed by atoms with Gasteiger partial charge in [-0.25, -0.2) is 0 Å². The molecule has 1 amide bonds. The smallest absolute Gasteiger partial charge is 0.241 e. The van der Waals surface area contributed by atoms with E-state index in [-0.39, 0.29) is 11.9 Å². The van der Waals surface area contributed by atoms with Crippen LogP contribution in [0.3, 0.4) is 0 Å². The van der Waals surface area contributed by atoms with E-state index in [0.717, 1.165) is 0 Å². The Bertz CT molecular complexity index is 498. The second-order valence-electron chi connectivity index (χ2n) is 4.29. The van der Waals surface area contributed by atoms with Gasteiger partial charge in [0, 0.05) is 18.0 Å². The van der Waals surface area contributed by atoms with Gasteiger partial charge in [-0.2, -0.15) is 5.26 Å².